The summed E-state index contributed by atoms with van der Waals surface area (Å²) < 4.78 is 6.75. The molecule has 2 aromatic carbocycles. The molecule has 2 aromatic rings. The number of halogens is 1. The molecule has 2 rings (SSSR count). The van der Waals surface area contributed by atoms with Gasteiger partial charge in [-0.25, -0.2) is 0 Å². The number of benzene rings is 2. The summed E-state index contributed by atoms with van der Waals surface area (Å²) in [5, 5.41) is 0. The van der Waals surface area contributed by atoms with Gasteiger partial charge in [-0.15, -0.1) is 0 Å². The molecule has 2 nitrogen and oxygen atoms in total. The minimum atomic E-state index is 0.655. The van der Waals surface area contributed by atoms with Gasteiger partial charge in [-0.05, 0) is 71.2 Å². The molecule has 0 saturated heterocycles. The predicted molar refractivity (Wildman–Crippen MR) is 75.5 cm³/mol. The van der Waals surface area contributed by atoms with E-state index in [1.165, 1.54) is 5.56 Å². The van der Waals surface area contributed by atoms with Crippen LogP contribution < -0.4 is 4.74 Å². The Kier molecular flexibility index (Phi) is 3.82. The zero-order valence-corrected chi connectivity index (χ0v) is 11.8. The highest BCUT2D eigenvalue weighted by Crippen LogP contribution is 2.32. The fourth-order valence-electron chi connectivity index (χ4n) is 1.67. The van der Waals surface area contributed by atoms with E-state index in [9.17, 15) is 4.79 Å². The summed E-state index contributed by atoms with van der Waals surface area (Å²) in [5.41, 5.74) is 2.76. The van der Waals surface area contributed by atoms with Crippen LogP contribution in [0.5, 0.6) is 11.5 Å². The number of carbonyl (C=O) groups is 1. The normalized spacial score (nSPS) is 10.2. The molecule has 0 aliphatic rings. The van der Waals surface area contributed by atoms with E-state index in [0.717, 1.165) is 27.8 Å². The van der Waals surface area contributed by atoms with Crippen LogP contribution in [-0.2, 0) is 0 Å². The van der Waals surface area contributed by atoms with Gasteiger partial charge in [-0.1, -0.05) is 6.07 Å². The van der Waals surface area contributed by atoms with Gasteiger partial charge >= 0.3 is 0 Å². The van der Waals surface area contributed by atoms with E-state index in [0.29, 0.717) is 5.56 Å². The van der Waals surface area contributed by atoms with Crippen LogP contribution in [0, 0.1) is 13.8 Å². The molecule has 0 fully saturated rings. The van der Waals surface area contributed by atoms with Crippen LogP contribution in [0.15, 0.2) is 40.9 Å². The number of aryl methyl sites for hydroxylation is 2. The quantitative estimate of drug-likeness (QED) is 0.770. The standard InChI is InChI=1S/C15H13BrO2/c1-10-3-5-15(13(16)7-10)18-14-6-4-12(9-17)8-11(14)2/h3-9H,1-2H3. The van der Waals surface area contributed by atoms with Gasteiger partial charge in [0.1, 0.15) is 17.8 Å². The van der Waals surface area contributed by atoms with Gasteiger partial charge in [0, 0.05) is 5.56 Å². The largest absolute Gasteiger partial charge is 0.456 e. The van der Waals surface area contributed by atoms with E-state index in [-0.39, 0.29) is 0 Å². The summed E-state index contributed by atoms with van der Waals surface area (Å²) in [6.07, 6.45) is 0.832. The van der Waals surface area contributed by atoms with Crippen molar-refractivity contribution in [1.29, 1.82) is 0 Å². The highest BCUT2D eigenvalue weighted by molar-refractivity contribution is 9.10. The first-order valence-electron chi connectivity index (χ1n) is 5.60. The fraction of sp³-hybridized carbons (Fsp3) is 0.133. The van der Waals surface area contributed by atoms with Crippen molar-refractivity contribution in [2.75, 3.05) is 0 Å². The lowest BCUT2D eigenvalue weighted by Gasteiger charge is -2.11. The van der Waals surface area contributed by atoms with Gasteiger partial charge in [-0.2, -0.15) is 0 Å². The summed E-state index contributed by atoms with van der Waals surface area (Å²) in [4.78, 5) is 10.7. The average molecular weight is 305 g/mol. The Labute approximate surface area is 115 Å². The van der Waals surface area contributed by atoms with Crippen LogP contribution in [-0.4, -0.2) is 6.29 Å². The number of rotatable bonds is 3. The fourth-order valence-corrected chi connectivity index (χ4v) is 2.24. The van der Waals surface area contributed by atoms with Crippen molar-refractivity contribution < 1.29 is 9.53 Å². The maximum atomic E-state index is 10.7. The second kappa shape index (κ2) is 5.36. The molecule has 0 unspecified atom stereocenters. The first kappa shape index (κ1) is 12.8. The third-order valence-corrected chi connectivity index (χ3v) is 3.26. The maximum Gasteiger partial charge on any atom is 0.150 e. The summed E-state index contributed by atoms with van der Waals surface area (Å²) >= 11 is 3.48. The number of hydrogen-bond acceptors (Lipinski definition) is 2. The Morgan fingerprint density at radius 1 is 1.06 bits per heavy atom. The van der Waals surface area contributed by atoms with Crippen LogP contribution in [0.1, 0.15) is 21.5 Å². The van der Waals surface area contributed by atoms with Crippen molar-refractivity contribution >= 4 is 22.2 Å². The number of carbonyl (C=O) groups excluding carboxylic acids is 1. The molecule has 92 valence electrons. The molecule has 0 bridgehead atoms. The first-order valence-corrected chi connectivity index (χ1v) is 6.39. The minimum Gasteiger partial charge on any atom is -0.456 e. The molecule has 0 spiro atoms. The molecule has 0 N–H and O–H groups in total. The van der Waals surface area contributed by atoms with Gasteiger partial charge in [-0.3, -0.25) is 4.79 Å². The van der Waals surface area contributed by atoms with Crippen LogP contribution in [0.2, 0.25) is 0 Å². The SMILES string of the molecule is Cc1ccc(Oc2ccc(C=O)cc2C)c(Br)c1. The molecule has 0 aromatic heterocycles. The lowest BCUT2D eigenvalue weighted by atomic mass is 10.1. The zero-order valence-electron chi connectivity index (χ0n) is 10.2. The topological polar surface area (TPSA) is 26.3 Å². The van der Waals surface area contributed by atoms with E-state index in [2.05, 4.69) is 15.9 Å². The van der Waals surface area contributed by atoms with Crippen LogP contribution in [0.25, 0.3) is 0 Å². The number of ether oxygens (including phenoxy) is 1. The lowest BCUT2D eigenvalue weighted by molar-refractivity contribution is 0.112. The van der Waals surface area contributed by atoms with Crippen molar-refractivity contribution in [3.05, 3.63) is 57.6 Å². The van der Waals surface area contributed by atoms with E-state index >= 15 is 0 Å². The summed E-state index contributed by atoms with van der Waals surface area (Å²) in [7, 11) is 0. The minimum absolute atomic E-state index is 0.655. The molecular formula is C15H13BrO2. The predicted octanol–water partition coefficient (Wildman–Crippen LogP) is 4.67. The highest BCUT2D eigenvalue weighted by Gasteiger charge is 2.06. The Morgan fingerprint density at radius 3 is 2.39 bits per heavy atom. The van der Waals surface area contributed by atoms with Gasteiger partial charge in [0.15, 0.2) is 0 Å². The molecule has 3 heteroatoms. The van der Waals surface area contributed by atoms with Gasteiger partial charge in [0.2, 0.25) is 0 Å². The maximum absolute atomic E-state index is 10.7. The van der Waals surface area contributed by atoms with Crippen molar-refractivity contribution in [2.24, 2.45) is 0 Å². The zero-order chi connectivity index (χ0) is 13.1. The van der Waals surface area contributed by atoms with E-state index < -0.39 is 0 Å². The molecule has 0 aliphatic heterocycles. The first-order chi connectivity index (χ1) is 8.60. The second-order valence-corrected chi connectivity index (χ2v) is 5.03. The van der Waals surface area contributed by atoms with Gasteiger partial charge in [0.25, 0.3) is 0 Å². The van der Waals surface area contributed by atoms with Crippen molar-refractivity contribution in [3.63, 3.8) is 0 Å². The molecular weight excluding hydrogens is 292 g/mol. The van der Waals surface area contributed by atoms with Crippen LogP contribution in [0.4, 0.5) is 0 Å². The van der Waals surface area contributed by atoms with Crippen LogP contribution in [0.3, 0.4) is 0 Å². The molecule has 0 aliphatic carbocycles. The third-order valence-electron chi connectivity index (χ3n) is 2.64. The van der Waals surface area contributed by atoms with E-state index in [1.54, 1.807) is 6.07 Å². The Hall–Kier alpha value is -1.61. The van der Waals surface area contributed by atoms with Gasteiger partial charge in [0.05, 0.1) is 4.47 Å². The molecule has 0 atom stereocenters. The van der Waals surface area contributed by atoms with Crippen molar-refractivity contribution in [2.45, 2.75) is 13.8 Å². The van der Waals surface area contributed by atoms with Crippen molar-refractivity contribution in [1.82, 2.24) is 0 Å². The smallest absolute Gasteiger partial charge is 0.150 e. The molecule has 18 heavy (non-hydrogen) atoms. The Bertz CT molecular complexity index is 591. The monoisotopic (exact) mass is 304 g/mol. The average Bonchev–Trinajstić information content (AvgIpc) is 2.34. The molecule has 0 saturated carbocycles. The molecule has 0 radical (unpaired) electrons. The molecule has 0 heterocycles. The summed E-state index contributed by atoms with van der Waals surface area (Å²) in [6.45, 7) is 3.95. The molecule has 0 amide bonds. The lowest BCUT2D eigenvalue weighted by Crippen LogP contribution is -1.90. The van der Waals surface area contributed by atoms with E-state index in [4.69, 9.17) is 4.74 Å². The number of hydrogen-bond donors (Lipinski definition) is 0. The Morgan fingerprint density at radius 2 is 1.78 bits per heavy atom. The highest BCUT2D eigenvalue weighted by atomic mass is 79.9. The summed E-state index contributed by atoms with van der Waals surface area (Å²) in [6, 6.07) is 11.3. The van der Waals surface area contributed by atoms with Crippen molar-refractivity contribution in [3.8, 4) is 11.5 Å². The van der Waals surface area contributed by atoms with E-state index in [1.807, 2.05) is 44.2 Å². The van der Waals surface area contributed by atoms with Crippen LogP contribution >= 0.6 is 15.9 Å². The Balaban J connectivity index is 2.31. The third kappa shape index (κ3) is 2.79. The summed E-state index contributed by atoms with van der Waals surface area (Å²) in [5.74, 6) is 1.52. The number of aldehydes is 1. The van der Waals surface area contributed by atoms with Gasteiger partial charge < -0.3 is 4.74 Å². The second-order valence-electron chi connectivity index (χ2n) is 4.18.